The van der Waals surface area contributed by atoms with Gasteiger partial charge in [-0.1, -0.05) is 58.0 Å². The Hall–Kier alpha value is -1.57. The summed E-state index contributed by atoms with van der Waals surface area (Å²) in [7, 11) is 2.64. The number of ether oxygens (including phenoxy) is 2. The van der Waals surface area contributed by atoms with E-state index in [9.17, 15) is 9.59 Å². The Kier molecular flexibility index (Phi) is 8.78. The van der Waals surface area contributed by atoms with E-state index in [0.29, 0.717) is 0 Å². The molecule has 0 aliphatic heterocycles. The van der Waals surface area contributed by atoms with Gasteiger partial charge in [-0.25, -0.2) is 9.59 Å². The third-order valence-corrected chi connectivity index (χ3v) is 4.70. The van der Waals surface area contributed by atoms with Crippen LogP contribution in [0.25, 0.3) is 0 Å². The Balaban J connectivity index is 0.000000271. The van der Waals surface area contributed by atoms with Gasteiger partial charge in [-0.15, -0.1) is 0 Å². The third-order valence-electron chi connectivity index (χ3n) is 3.02. The molecule has 0 heterocycles. The second kappa shape index (κ2) is 10.1. The molecule has 0 atom stereocenters. The standard InChI is InChI=1S/C8H5Cl3O3.C8H6Cl2O3/c1-14-7-4(10)2-3(9)6(11)5(7)8(12)13;1-13-7-5(10)3-2-4(9)6(7)8(11)12/h2H,1H3,(H,12,13);2-3H,1H3,(H,11,12). The van der Waals surface area contributed by atoms with Crippen molar-refractivity contribution >= 4 is 69.9 Å². The van der Waals surface area contributed by atoms with Gasteiger partial charge in [-0.3, -0.25) is 0 Å². The van der Waals surface area contributed by atoms with Crippen LogP contribution in [0.3, 0.4) is 0 Å². The molecule has 0 aromatic heterocycles. The Morgan fingerprint density at radius 2 is 1.19 bits per heavy atom. The number of carboxylic acids is 2. The minimum Gasteiger partial charge on any atom is -0.494 e. The van der Waals surface area contributed by atoms with E-state index in [-0.39, 0.29) is 47.7 Å². The van der Waals surface area contributed by atoms with Crippen LogP contribution in [-0.4, -0.2) is 36.4 Å². The van der Waals surface area contributed by atoms with Crippen LogP contribution in [0.5, 0.6) is 11.5 Å². The minimum atomic E-state index is -1.24. The first-order valence-corrected chi connectivity index (χ1v) is 8.65. The molecule has 2 aromatic carbocycles. The van der Waals surface area contributed by atoms with E-state index in [1.54, 1.807) is 0 Å². The van der Waals surface area contributed by atoms with Crippen molar-refractivity contribution in [2.45, 2.75) is 0 Å². The van der Waals surface area contributed by atoms with Crippen LogP contribution in [0.4, 0.5) is 0 Å². The normalized spacial score (nSPS) is 9.89. The van der Waals surface area contributed by atoms with Crippen LogP contribution >= 0.6 is 58.0 Å². The number of carbonyl (C=O) groups is 2. The Bertz CT molecular complexity index is 884. The van der Waals surface area contributed by atoms with Crippen molar-refractivity contribution in [1.29, 1.82) is 0 Å². The van der Waals surface area contributed by atoms with Crippen molar-refractivity contribution in [2.75, 3.05) is 14.2 Å². The van der Waals surface area contributed by atoms with E-state index in [2.05, 4.69) is 0 Å². The van der Waals surface area contributed by atoms with Crippen molar-refractivity contribution in [3.63, 3.8) is 0 Å². The smallest absolute Gasteiger partial charge is 0.341 e. The summed E-state index contributed by atoms with van der Waals surface area (Å²) in [6, 6.07) is 4.22. The topological polar surface area (TPSA) is 93.1 Å². The van der Waals surface area contributed by atoms with Crippen LogP contribution in [0.1, 0.15) is 20.7 Å². The van der Waals surface area contributed by atoms with Gasteiger partial charge in [-0.05, 0) is 18.2 Å². The molecule has 0 fully saturated rings. The molecule has 0 amide bonds. The quantitative estimate of drug-likeness (QED) is 0.522. The van der Waals surface area contributed by atoms with Gasteiger partial charge in [0.2, 0.25) is 0 Å². The lowest BCUT2D eigenvalue weighted by Crippen LogP contribution is -2.02. The zero-order chi connectivity index (χ0) is 20.9. The minimum absolute atomic E-state index is 0.00793. The summed E-state index contributed by atoms with van der Waals surface area (Å²) in [5.41, 5.74) is -0.344. The van der Waals surface area contributed by atoms with Crippen LogP contribution < -0.4 is 9.47 Å². The van der Waals surface area contributed by atoms with Gasteiger partial charge in [0.15, 0.2) is 11.5 Å². The predicted octanol–water partition coefficient (Wildman–Crippen LogP) is 6.05. The van der Waals surface area contributed by atoms with E-state index >= 15 is 0 Å². The van der Waals surface area contributed by atoms with E-state index in [1.807, 2.05) is 0 Å². The molecule has 6 nitrogen and oxygen atoms in total. The number of hydrogen-bond donors (Lipinski definition) is 2. The van der Waals surface area contributed by atoms with E-state index in [1.165, 1.54) is 32.4 Å². The van der Waals surface area contributed by atoms with Gasteiger partial charge in [0, 0.05) is 0 Å². The molecule has 27 heavy (non-hydrogen) atoms. The first-order chi connectivity index (χ1) is 12.6. The molecule has 11 heteroatoms. The molecular weight excluding hydrogens is 465 g/mol. The van der Waals surface area contributed by atoms with Crippen molar-refractivity contribution in [3.05, 3.63) is 54.4 Å². The highest BCUT2D eigenvalue weighted by molar-refractivity contribution is 6.45. The molecule has 0 saturated heterocycles. The fourth-order valence-corrected chi connectivity index (χ4v) is 3.13. The molecule has 2 rings (SSSR count). The number of aromatic carboxylic acids is 2. The van der Waals surface area contributed by atoms with Crippen molar-refractivity contribution < 1.29 is 29.3 Å². The molecule has 0 unspecified atom stereocenters. The lowest BCUT2D eigenvalue weighted by Gasteiger charge is -2.09. The summed E-state index contributed by atoms with van der Waals surface area (Å²) in [4.78, 5) is 21.6. The molecule has 2 N–H and O–H groups in total. The Labute approximate surface area is 179 Å². The van der Waals surface area contributed by atoms with E-state index < -0.39 is 11.9 Å². The number of rotatable bonds is 4. The van der Waals surface area contributed by atoms with Gasteiger partial charge in [0.1, 0.15) is 11.1 Å². The lowest BCUT2D eigenvalue weighted by molar-refractivity contribution is 0.0682. The maximum Gasteiger partial charge on any atom is 0.341 e. The van der Waals surface area contributed by atoms with E-state index in [0.717, 1.165) is 0 Å². The summed E-state index contributed by atoms with van der Waals surface area (Å²) in [5, 5.41) is 18.1. The SMILES string of the molecule is COc1c(Cl)cc(Cl)c(Cl)c1C(=O)O.COc1c(Cl)ccc(Cl)c1C(=O)O. The van der Waals surface area contributed by atoms with E-state index in [4.69, 9.17) is 77.7 Å². The molecule has 0 saturated carbocycles. The maximum atomic E-state index is 10.8. The van der Waals surface area contributed by atoms with Gasteiger partial charge in [0.25, 0.3) is 0 Å². The third kappa shape index (κ3) is 5.46. The van der Waals surface area contributed by atoms with Crippen LogP contribution in [0.2, 0.25) is 25.1 Å². The molecule has 146 valence electrons. The van der Waals surface area contributed by atoms with Crippen molar-refractivity contribution in [2.24, 2.45) is 0 Å². The highest BCUT2D eigenvalue weighted by atomic mass is 35.5. The lowest BCUT2D eigenvalue weighted by atomic mass is 10.2. The van der Waals surface area contributed by atoms with Gasteiger partial charge < -0.3 is 19.7 Å². The fourth-order valence-electron chi connectivity index (χ4n) is 1.90. The average Bonchev–Trinajstić information content (AvgIpc) is 2.59. The summed E-state index contributed by atoms with van der Waals surface area (Å²) in [5.74, 6) is -2.31. The van der Waals surface area contributed by atoms with Gasteiger partial charge in [-0.2, -0.15) is 0 Å². The summed E-state index contributed by atoms with van der Waals surface area (Å²) in [6.45, 7) is 0. The number of halogens is 5. The molecule has 0 bridgehead atoms. The first-order valence-electron chi connectivity index (χ1n) is 6.76. The highest BCUT2D eigenvalue weighted by Gasteiger charge is 2.21. The van der Waals surface area contributed by atoms with Crippen LogP contribution in [0, 0.1) is 0 Å². The van der Waals surface area contributed by atoms with Crippen LogP contribution in [-0.2, 0) is 0 Å². The molecular formula is C16H11Cl5O6. The fraction of sp³-hybridized carbons (Fsp3) is 0.125. The largest absolute Gasteiger partial charge is 0.494 e. The maximum absolute atomic E-state index is 10.8. The zero-order valence-electron chi connectivity index (χ0n) is 13.6. The Morgan fingerprint density at radius 1 is 0.741 bits per heavy atom. The van der Waals surface area contributed by atoms with Crippen molar-refractivity contribution in [1.82, 2.24) is 0 Å². The molecule has 0 spiro atoms. The molecule has 0 aliphatic carbocycles. The molecule has 0 radical (unpaired) electrons. The highest BCUT2D eigenvalue weighted by Crippen LogP contribution is 2.39. The summed E-state index contributed by atoms with van der Waals surface area (Å²) >= 11 is 28.4. The number of carboxylic acid groups (broad SMARTS) is 2. The van der Waals surface area contributed by atoms with Gasteiger partial charge in [0.05, 0.1) is 39.3 Å². The second-order valence-electron chi connectivity index (χ2n) is 4.61. The first kappa shape index (κ1) is 23.5. The number of benzene rings is 2. The number of methoxy groups -OCH3 is 2. The summed E-state index contributed by atoms with van der Waals surface area (Å²) in [6.07, 6.45) is 0. The van der Waals surface area contributed by atoms with Crippen molar-refractivity contribution in [3.8, 4) is 11.5 Å². The molecule has 0 aliphatic rings. The Morgan fingerprint density at radius 3 is 1.59 bits per heavy atom. The predicted molar refractivity (Wildman–Crippen MR) is 105 cm³/mol. The summed E-state index contributed by atoms with van der Waals surface area (Å²) < 4.78 is 9.64. The zero-order valence-corrected chi connectivity index (χ0v) is 17.4. The van der Waals surface area contributed by atoms with Gasteiger partial charge >= 0.3 is 11.9 Å². The molecule has 2 aromatic rings. The number of hydrogen-bond acceptors (Lipinski definition) is 4. The average molecular weight is 477 g/mol. The monoisotopic (exact) mass is 474 g/mol. The van der Waals surface area contributed by atoms with Crippen LogP contribution in [0.15, 0.2) is 18.2 Å². The second-order valence-corrected chi connectivity index (χ2v) is 6.62.